The van der Waals surface area contributed by atoms with Gasteiger partial charge in [-0.1, -0.05) is 27.7 Å². The Morgan fingerprint density at radius 3 is 2.41 bits per heavy atom. The van der Waals surface area contributed by atoms with Crippen molar-refractivity contribution in [1.82, 2.24) is 5.32 Å². The minimum absolute atomic E-state index is 0.0159. The molecule has 0 fully saturated rings. The molecule has 3 atom stereocenters. The third-order valence-corrected chi connectivity index (χ3v) is 11.2. The maximum absolute atomic E-state index is 12.6. The molecule has 0 bridgehead atoms. The van der Waals surface area contributed by atoms with Crippen LogP contribution in [0.1, 0.15) is 63.5 Å². The summed E-state index contributed by atoms with van der Waals surface area (Å²) in [6, 6.07) is 5.21. The summed E-state index contributed by atoms with van der Waals surface area (Å²) in [6.07, 6.45) is 0. The molecule has 2 amide bonds. The summed E-state index contributed by atoms with van der Waals surface area (Å²) in [7, 11) is -1.82. The van der Waals surface area contributed by atoms with Crippen LogP contribution < -0.4 is 16.0 Å². The van der Waals surface area contributed by atoms with Gasteiger partial charge in [-0.2, -0.15) is 0 Å². The van der Waals surface area contributed by atoms with E-state index in [0.717, 1.165) is 11.3 Å². The Hall–Kier alpha value is -1.70. The fourth-order valence-corrected chi connectivity index (χ4v) is 4.51. The van der Waals surface area contributed by atoms with E-state index < -0.39 is 8.32 Å². The first-order valence-corrected chi connectivity index (χ1v) is 13.3. The zero-order chi connectivity index (χ0) is 22.1. The number of benzene rings is 1. The molecule has 6 nitrogen and oxygen atoms in total. The third-order valence-electron chi connectivity index (χ3n) is 6.64. The third kappa shape index (κ3) is 4.90. The highest BCUT2D eigenvalue weighted by Crippen LogP contribution is 2.40. The summed E-state index contributed by atoms with van der Waals surface area (Å²) in [5.74, 6) is -0.0698. The first-order valence-electron chi connectivity index (χ1n) is 10.4. The van der Waals surface area contributed by atoms with Gasteiger partial charge >= 0.3 is 0 Å². The highest BCUT2D eigenvalue weighted by molar-refractivity contribution is 6.74. The van der Waals surface area contributed by atoms with E-state index in [1.54, 1.807) is 17.9 Å². The molecule has 0 saturated carbocycles. The van der Waals surface area contributed by atoms with Gasteiger partial charge in [0.15, 0.2) is 8.32 Å². The number of fused-ring (bicyclic) bond motifs is 1. The van der Waals surface area contributed by atoms with Crippen LogP contribution in [0.4, 0.5) is 5.69 Å². The molecule has 1 heterocycles. The number of anilines is 1. The standard InChI is InChI=1S/C22H37N3O3Si/c1-14-15(2)25(16(3)26)19-10-9-17(13-18(19)20(14)23)21(27)24-11-12-28-29(7,8)22(4,5)6/h9-10,13-15,20H,11-12,23H2,1-8H3,(H,24,27)/t14-,15-,20+/m0/s1. The Kier molecular flexibility index (Phi) is 6.97. The van der Waals surface area contributed by atoms with Crippen LogP contribution in [0.2, 0.25) is 18.1 Å². The van der Waals surface area contributed by atoms with E-state index in [4.69, 9.17) is 10.2 Å². The van der Waals surface area contributed by atoms with Crippen LogP contribution in [-0.2, 0) is 9.22 Å². The Balaban J connectivity index is 2.09. The van der Waals surface area contributed by atoms with E-state index >= 15 is 0 Å². The van der Waals surface area contributed by atoms with Crippen molar-refractivity contribution in [1.29, 1.82) is 0 Å². The lowest BCUT2D eigenvalue weighted by Gasteiger charge is -2.42. The molecular weight excluding hydrogens is 382 g/mol. The number of hydrogen-bond acceptors (Lipinski definition) is 4. The minimum Gasteiger partial charge on any atom is -0.415 e. The predicted octanol–water partition coefficient (Wildman–Crippen LogP) is 3.83. The normalized spacial score (nSPS) is 22.2. The van der Waals surface area contributed by atoms with Crippen molar-refractivity contribution in [2.24, 2.45) is 11.7 Å². The molecule has 0 aliphatic carbocycles. The van der Waals surface area contributed by atoms with Crippen LogP contribution in [0.25, 0.3) is 0 Å². The summed E-state index contributed by atoms with van der Waals surface area (Å²) >= 11 is 0. The topological polar surface area (TPSA) is 84.7 Å². The quantitative estimate of drug-likeness (QED) is 0.561. The van der Waals surface area contributed by atoms with Crippen molar-refractivity contribution in [3.8, 4) is 0 Å². The highest BCUT2D eigenvalue weighted by atomic mass is 28.4. The van der Waals surface area contributed by atoms with Crippen LogP contribution >= 0.6 is 0 Å². The van der Waals surface area contributed by atoms with Crippen LogP contribution in [0.15, 0.2) is 18.2 Å². The molecular formula is C22H37N3O3Si. The molecule has 2 rings (SSSR count). The van der Waals surface area contributed by atoms with Gasteiger partial charge in [0.05, 0.1) is 6.61 Å². The number of carbonyl (C=O) groups is 2. The second-order valence-electron chi connectivity index (χ2n) is 9.65. The highest BCUT2D eigenvalue weighted by Gasteiger charge is 2.37. The van der Waals surface area contributed by atoms with E-state index in [2.05, 4.69) is 39.2 Å². The number of amides is 2. The van der Waals surface area contributed by atoms with Crippen molar-refractivity contribution in [2.45, 2.75) is 71.8 Å². The fourth-order valence-electron chi connectivity index (χ4n) is 3.47. The molecule has 162 valence electrons. The number of hydrogen-bond donors (Lipinski definition) is 2. The molecule has 0 saturated heterocycles. The average Bonchev–Trinajstić information content (AvgIpc) is 2.62. The summed E-state index contributed by atoms with van der Waals surface area (Å²) in [5, 5.41) is 3.08. The summed E-state index contributed by atoms with van der Waals surface area (Å²) < 4.78 is 6.11. The lowest BCUT2D eigenvalue weighted by atomic mass is 9.83. The van der Waals surface area contributed by atoms with E-state index in [1.165, 1.54) is 0 Å². The van der Waals surface area contributed by atoms with Gasteiger partial charge in [0, 0.05) is 36.8 Å². The van der Waals surface area contributed by atoms with Crippen LogP contribution in [0.3, 0.4) is 0 Å². The summed E-state index contributed by atoms with van der Waals surface area (Å²) in [6.45, 7) is 17.6. The fraction of sp³-hybridized carbons (Fsp3) is 0.636. The molecule has 1 aliphatic rings. The number of nitrogens with two attached hydrogens (primary N) is 1. The SMILES string of the molecule is CC(=O)N1c2ccc(C(=O)NCCO[Si](C)(C)C(C)(C)C)cc2[C@H](N)[C@@H](C)[C@@H]1C. The lowest BCUT2D eigenvalue weighted by Crippen LogP contribution is -2.48. The molecule has 1 aromatic rings. The average molecular weight is 420 g/mol. The Bertz CT molecular complexity index is 773. The lowest BCUT2D eigenvalue weighted by molar-refractivity contribution is -0.117. The molecule has 7 heteroatoms. The van der Waals surface area contributed by atoms with Crippen molar-refractivity contribution >= 4 is 25.8 Å². The number of carbonyl (C=O) groups excluding carboxylic acids is 2. The maximum atomic E-state index is 12.6. The van der Waals surface area contributed by atoms with Gasteiger partial charge in [-0.25, -0.2) is 0 Å². The first-order chi connectivity index (χ1) is 13.3. The molecule has 1 aromatic carbocycles. The Morgan fingerprint density at radius 2 is 1.86 bits per heavy atom. The number of rotatable bonds is 5. The van der Waals surface area contributed by atoms with Crippen molar-refractivity contribution < 1.29 is 14.0 Å². The zero-order valence-electron chi connectivity index (χ0n) is 19.1. The van der Waals surface area contributed by atoms with Gasteiger partial charge in [0.25, 0.3) is 5.91 Å². The first kappa shape index (κ1) is 23.6. The molecule has 0 spiro atoms. The summed E-state index contributed by atoms with van der Waals surface area (Å²) in [5.41, 5.74) is 8.63. The van der Waals surface area contributed by atoms with Crippen LogP contribution in [-0.4, -0.2) is 39.3 Å². The van der Waals surface area contributed by atoms with Crippen LogP contribution in [0.5, 0.6) is 0 Å². The second kappa shape index (κ2) is 8.58. The molecule has 0 aromatic heterocycles. The van der Waals surface area contributed by atoms with E-state index in [9.17, 15) is 9.59 Å². The predicted molar refractivity (Wildman–Crippen MR) is 121 cm³/mol. The monoisotopic (exact) mass is 419 g/mol. The van der Waals surface area contributed by atoms with Gasteiger partial charge in [-0.05, 0) is 54.7 Å². The molecule has 3 N–H and O–H groups in total. The van der Waals surface area contributed by atoms with Crippen molar-refractivity contribution in [3.05, 3.63) is 29.3 Å². The van der Waals surface area contributed by atoms with E-state index in [0.29, 0.717) is 18.7 Å². The van der Waals surface area contributed by atoms with Crippen molar-refractivity contribution in [3.63, 3.8) is 0 Å². The van der Waals surface area contributed by atoms with Gasteiger partial charge in [0.1, 0.15) is 0 Å². The summed E-state index contributed by atoms with van der Waals surface area (Å²) in [4.78, 5) is 26.6. The number of nitrogens with one attached hydrogen (secondary N) is 1. The largest absolute Gasteiger partial charge is 0.415 e. The smallest absolute Gasteiger partial charge is 0.251 e. The molecule has 1 aliphatic heterocycles. The van der Waals surface area contributed by atoms with Crippen LogP contribution in [0, 0.1) is 5.92 Å². The Labute approximate surface area is 176 Å². The second-order valence-corrected chi connectivity index (χ2v) is 14.5. The molecule has 0 unspecified atom stereocenters. The molecule has 29 heavy (non-hydrogen) atoms. The number of nitrogens with zero attached hydrogens (tertiary/aromatic N) is 1. The van der Waals surface area contributed by atoms with Gasteiger partial charge in [-0.3, -0.25) is 9.59 Å². The van der Waals surface area contributed by atoms with E-state index in [-0.39, 0.29) is 34.9 Å². The maximum Gasteiger partial charge on any atom is 0.251 e. The van der Waals surface area contributed by atoms with Gasteiger partial charge < -0.3 is 20.4 Å². The molecule has 0 radical (unpaired) electrons. The zero-order valence-corrected chi connectivity index (χ0v) is 20.1. The van der Waals surface area contributed by atoms with Gasteiger partial charge in [-0.15, -0.1) is 0 Å². The Morgan fingerprint density at radius 1 is 1.24 bits per heavy atom. The minimum atomic E-state index is -1.82. The van der Waals surface area contributed by atoms with Gasteiger partial charge in [0.2, 0.25) is 5.91 Å². The van der Waals surface area contributed by atoms with Crippen molar-refractivity contribution in [2.75, 3.05) is 18.1 Å². The van der Waals surface area contributed by atoms with E-state index in [1.807, 2.05) is 26.0 Å².